The van der Waals surface area contributed by atoms with Crippen LogP contribution in [-0.2, 0) is 0 Å². The van der Waals surface area contributed by atoms with E-state index in [-0.39, 0.29) is 0 Å². The Bertz CT molecular complexity index is 116. The van der Waals surface area contributed by atoms with Gasteiger partial charge in [0.1, 0.15) is 0 Å². The van der Waals surface area contributed by atoms with Crippen LogP contribution in [0.5, 0.6) is 0 Å². The molecular weight excluding hydrogens is 116 g/mol. The number of aliphatic hydroxyl groups is 1. The van der Waals surface area contributed by atoms with Crippen molar-refractivity contribution in [2.45, 2.75) is 0 Å². The summed E-state index contributed by atoms with van der Waals surface area (Å²) in [6, 6.07) is 0. The van der Waals surface area contributed by atoms with Crippen molar-refractivity contribution in [2.24, 2.45) is 23.6 Å². The van der Waals surface area contributed by atoms with Crippen LogP contribution in [0.1, 0.15) is 0 Å². The number of piperidine rings is 1. The zero-order chi connectivity index (χ0) is 6.43. The van der Waals surface area contributed by atoms with Gasteiger partial charge in [0.05, 0.1) is 0 Å². The van der Waals surface area contributed by atoms with Gasteiger partial charge >= 0.3 is 0 Å². The van der Waals surface area contributed by atoms with Crippen molar-refractivity contribution in [1.29, 1.82) is 0 Å². The Kier molecular flexibility index (Phi) is 1.06. The van der Waals surface area contributed by atoms with Crippen LogP contribution < -0.4 is 5.84 Å². The number of aliphatic hydroxyl groups excluding tert-OH is 1. The van der Waals surface area contributed by atoms with E-state index in [9.17, 15) is 0 Å². The van der Waals surface area contributed by atoms with Gasteiger partial charge in [-0.15, -0.1) is 0 Å². The number of hydrogen-bond acceptors (Lipinski definition) is 3. The van der Waals surface area contributed by atoms with Crippen LogP contribution in [0.15, 0.2) is 0 Å². The average molecular weight is 128 g/mol. The van der Waals surface area contributed by atoms with Gasteiger partial charge in [0.15, 0.2) is 0 Å². The Balaban J connectivity index is 1.91. The Morgan fingerprint density at radius 2 is 2.00 bits per heavy atom. The summed E-state index contributed by atoms with van der Waals surface area (Å²) in [5.41, 5.74) is 0. The molecule has 2 aliphatic rings. The lowest BCUT2D eigenvalue weighted by molar-refractivity contribution is 0.223. The Morgan fingerprint density at radius 3 is 2.44 bits per heavy atom. The van der Waals surface area contributed by atoms with Crippen LogP contribution in [0.4, 0.5) is 0 Å². The molecule has 0 amide bonds. The van der Waals surface area contributed by atoms with Crippen LogP contribution in [0, 0.1) is 17.8 Å². The fraction of sp³-hybridized carbons (Fsp3) is 1.00. The quantitative estimate of drug-likeness (QED) is 0.447. The maximum absolute atomic E-state index is 8.74. The first kappa shape index (κ1) is 5.65. The molecule has 3 atom stereocenters. The lowest BCUT2D eigenvalue weighted by atomic mass is 10.3. The molecule has 2 rings (SSSR count). The number of hydrogen-bond donors (Lipinski definition) is 2. The smallest absolute Gasteiger partial charge is 0.0465 e. The summed E-state index contributed by atoms with van der Waals surface area (Å²) in [5, 5.41) is 10.6. The van der Waals surface area contributed by atoms with Crippen LogP contribution in [-0.4, -0.2) is 29.8 Å². The molecule has 0 unspecified atom stereocenters. The third-order valence-corrected chi connectivity index (χ3v) is 2.61. The van der Waals surface area contributed by atoms with Crippen LogP contribution in [0.25, 0.3) is 0 Å². The van der Waals surface area contributed by atoms with Crippen molar-refractivity contribution in [1.82, 2.24) is 5.01 Å². The molecule has 3 heteroatoms. The highest BCUT2D eigenvalue weighted by Crippen LogP contribution is 2.50. The molecular formula is C6H12N2O. The Labute approximate surface area is 54.4 Å². The Hall–Kier alpha value is -0.120. The van der Waals surface area contributed by atoms with E-state index in [4.69, 9.17) is 10.9 Å². The lowest BCUT2D eigenvalue weighted by Crippen LogP contribution is -2.31. The summed E-state index contributed by atoms with van der Waals surface area (Å²) in [7, 11) is 0. The molecule has 0 aromatic carbocycles. The van der Waals surface area contributed by atoms with Gasteiger partial charge in [0.25, 0.3) is 0 Å². The van der Waals surface area contributed by atoms with Gasteiger partial charge in [-0.3, -0.25) is 5.84 Å². The predicted octanol–water partition coefficient (Wildman–Crippen LogP) is -0.970. The summed E-state index contributed by atoms with van der Waals surface area (Å²) < 4.78 is 0. The molecule has 9 heavy (non-hydrogen) atoms. The summed E-state index contributed by atoms with van der Waals surface area (Å²) in [6.07, 6.45) is 0. The van der Waals surface area contributed by atoms with Crippen molar-refractivity contribution in [3.63, 3.8) is 0 Å². The molecule has 1 heterocycles. The van der Waals surface area contributed by atoms with Gasteiger partial charge < -0.3 is 5.11 Å². The number of hydrazine groups is 1. The third kappa shape index (κ3) is 0.689. The minimum atomic E-state index is 0.364. The number of nitrogens with zero attached hydrogens (tertiary/aromatic N) is 1. The van der Waals surface area contributed by atoms with Gasteiger partial charge in [-0.25, -0.2) is 5.01 Å². The standard InChI is InChI=1S/C6H12N2O/c7-8-1-4-5(2-8)6(4)3-9/h4-6,9H,1-3,7H2/t4-,5+,6-. The van der Waals surface area contributed by atoms with Gasteiger partial charge in [-0.05, 0) is 17.8 Å². The van der Waals surface area contributed by atoms with Crippen molar-refractivity contribution in [3.05, 3.63) is 0 Å². The highest BCUT2D eigenvalue weighted by atomic mass is 16.3. The minimum absolute atomic E-state index is 0.364. The van der Waals surface area contributed by atoms with E-state index in [2.05, 4.69) is 0 Å². The van der Waals surface area contributed by atoms with E-state index in [0.29, 0.717) is 12.5 Å². The second kappa shape index (κ2) is 1.68. The molecule has 1 saturated carbocycles. The van der Waals surface area contributed by atoms with E-state index >= 15 is 0 Å². The molecule has 0 aromatic heterocycles. The molecule has 2 fully saturated rings. The molecule has 3 N–H and O–H groups in total. The summed E-state index contributed by atoms with van der Waals surface area (Å²) in [5.74, 6) is 7.56. The van der Waals surface area contributed by atoms with Gasteiger partial charge in [-0.1, -0.05) is 0 Å². The van der Waals surface area contributed by atoms with Crippen molar-refractivity contribution in [2.75, 3.05) is 19.7 Å². The predicted molar refractivity (Wildman–Crippen MR) is 33.3 cm³/mol. The molecule has 3 nitrogen and oxygen atoms in total. The first-order valence-electron chi connectivity index (χ1n) is 3.43. The molecule has 0 radical (unpaired) electrons. The number of rotatable bonds is 1. The largest absolute Gasteiger partial charge is 0.396 e. The first-order valence-corrected chi connectivity index (χ1v) is 3.43. The van der Waals surface area contributed by atoms with E-state index in [1.165, 1.54) is 0 Å². The van der Waals surface area contributed by atoms with Gasteiger partial charge in [-0.2, -0.15) is 0 Å². The molecule has 52 valence electrons. The third-order valence-electron chi connectivity index (χ3n) is 2.61. The monoisotopic (exact) mass is 128 g/mol. The number of fused-ring (bicyclic) bond motifs is 1. The van der Waals surface area contributed by atoms with E-state index in [1.807, 2.05) is 5.01 Å². The van der Waals surface area contributed by atoms with Crippen LogP contribution in [0.3, 0.4) is 0 Å². The molecule has 1 saturated heterocycles. The van der Waals surface area contributed by atoms with Crippen LogP contribution in [0.2, 0.25) is 0 Å². The van der Waals surface area contributed by atoms with E-state index in [1.54, 1.807) is 0 Å². The second-order valence-electron chi connectivity index (χ2n) is 3.13. The molecule has 0 bridgehead atoms. The fourth-order valence-corrected chi connectivity index (χ4v) is 1.95. The molecule has 1 aliphatic heterocycles. The minimum Gasteiger partial charge on any atom is -0.396 e. The molecule has 1 aliphatic carbocycles. The molecule has 0 aromatic rings. The summed E-state index contributed by atoms with van der Waals surface area (Å²) in [6.45, 7) is 2.36. The second-order valence-corrected chi connectivity index (χ2v) is 3.13. The maximum atomic E-state index is 8.74. The molecule has 0 spiro atoms. The van der Waals surface area contributed by atoms with Crippen LogP contribution >= 0.6 is 0 Å². The number of nitrogens with two attached hydrogens (primary N) is 1. The fourth-order valence-electron chi connectivity index (χ4n) is 1.95. The normalized spacial score (nSPS) is 49.3. The topological polar surface area (TPSA) is 49.5 Å². The summed E-state index contributed by atoms with van der Waals surface area (Å²) in [4.78, 5) is 0. The zero-order valence-electron chi connectivity index (χ0n) is 5.33. The highest BCUT2D eigenvalue weighted by molar-refractivity contribution is 5.03. The van der Waals surface area contributed by atoms with Crippen molar-refractivity contribution < 1.29 is 5.11 Å². The van der Waals surface area contributed by atoms with Crippen molar-refractivity contribution in [3.8, 4) is 0 Å². The summed E-state index contributed by atoms with van der Waals surface area (Å²) >= 11 is 0. The van der Waals surface area contributed by atoms with Gasteiger partial charge in [0, 0.05) is 19.7 Å². The first-order chi connectivity index (χ1) is 4.33. The Morgan fingerprint density at radius 1 is 1.44 bits per heavy atom. The lowest BCUT2D eigenvalue weighted by Gasteiger charge is -2.10. The maximum Gasteiger partial charge on any atom is 0.0465 e. The van der Waals surface area contributed by atoms with Crippen molar-refractivity contribution >= 4 is 0 Å². The average Bonchev–Trinajstić information content (AvgIpc) is 2.30. The van der Waals surface area contributed by atoms with E-state index in [0.717, 1.165) is 24.9 Å². The SMILES string of the molecule is NN1C[C@@H]2[C@H](CO)[C@@H]2C1. The highest BCUT2D eigenvalue weighted by Gasteiger charge is 2.54. The van der Waals surface area contributed by atoms with E-state index < -0.39 is 0 Å². The zero-order valence-corrected chi connectivity index (χ0v) is 5.33. The van der Waals surface area contributed by atoms with Gasteiger partial charge in [0.2, 0.25) is 0 Å².